The molecule has 1 atom stereocenters. The first-order chi connectivity index (χ1) is 10.5. The topological polar surface area (TPSA) is 40.6 Å². The third kappa shape index (κ3) is 3.01. The molecule has 1 aromatic rings. The molecule has 4 heteroatoms. The van der Waals surface area contributed by atoms with Crippen molar-refractivity contribution in [1.29, 1.82) is 0 Å². The maximum Gasteiger partial charge on any atom is 0.228 e. The van der Waals surface area contributed by atoms with Crippen LogP contribution in [0, 0.1) is 18.8 Å². The molecule has 0 spiro atoms. The van der Waals surface area contributed by atoms with E-state index < -0.39 is 0 Å². The highest BCUT2D eigenvalue weighted by Gasteiger charge is 2.37. The van der Waals surface area contributed by atoms with Crippen LogP contribution in [0.2, 0.25) is 0 Å². The van der Waals surface area contributed by atoms with Crippen LogP contribution >= 0.6 is 0 Å². The Balaban J connectivity index is 1.68. The molecule has 2 fully saturated rings. The van der Waals surface area contributed by atoms with Crippen molar-refractivity contribution in [2.45, 2.75) is 33.1 Å². The summed E-state index contributed by atoms with van der Waals surface area (Å²) in [5.41, 5.74) is 2.04. The molecule has 2 saturated heterocycles. The van der Waals surface area contributed by atoms with E-state index in [2.05, 4.69) is 6.92 Å². The predicted molar refractivity (Wildman–Crippen MR) is 86.6 cm³/mol. The predicted octanol–water partition coefficient (Wildman–Crippen LogP) is 2.61. The summed E-state index contributed by atoms with van der Waals surface area (Å²) < 4.78 is 0. The van der Waals surface area contributed by atoms with Gasteiger partial charge in [-0.15, -0.1) is 0 Å². The molecule has 1 aromatic carbocycles. The van der Waals surface area contributed by atoms with Crippen molar-refractivity contribution in [3.63, 3.8) is 0 Å². The third-order valence-electron chi connectivity index (χ3n) is 4.88. The second-order valence-electron chi connectivity index (χ2n) is 6.75. The first-order valence-electron chi connectivity index (χ1n) is 8.20. The molecule has 4 nitrogen and oxygen atoms in total. The molecule has 0 unspecified atom stereocenters. The number of hydrogen-bond donors (Lipinski definition) is 0. The summed E-state index contributed by atoms with van der Waals surface area (Å²) in [5, 5.41) is 0. The van der Waals surface area contributed by atoms with Crippen LogP contribution in [0.15, 0.2) is 24.3 Å². The maximum absolute atomic E-state index is 12.6. The Morgan fingerprint density at radius 1 is 1.23 bits per heavy atom. The van der Waals surface area contributed by atoms with Crippen molar-refractivity contribution < 1.29 is 9.59 Å². The molecule has 3 rings (SSSR count). The largest absolute Gasteiger partial charge is 0.342 e. The van der Waals surface area contributed by atoms with E-state index >= 15 is 0 Å². The number of piperidine rings is 1. The molecule has 2 heterocycles. The highest BCUT2D eigenvalue weighted by molar-refractivity contribution is 6.00. The van der Waals surface area contributed by atoms with Gasteiger partial charge < -0.3 is 9.80 Å². The number of carbonyl (C=O) groups excluding carboxylic acids is 2. The minimum absolute atomic E-state index is 0.0642. The summed E-state index contributed by atoms with van der Waals surface area (Å²) in [7, 11) is 0. The van der Waals surface area contributed by atoms with Crippen molar-refractivity contribution in [3.05, 3.63) is 29.8 Å². The van der Waals surface area contributed by atoms with E-state index in [0.717, 1.165) is 37.2 Å². The van der Waals surface area contributed by atoms with Gasteiger partial charge in [-0.2, -0.15) is 0 Å². The molecular formula is C18H24N2O2. The number of amides is 2. The van der Waals surface area contributed by atoms with Crippen LogP contribution < -0.4 is 4.90 Å². The standard InChI is InChI=1S/C18H24N2O2/c1-13-6-8-19(9-7-13)18(22)15-11-17(21)20(12-15)16-5-3-4-14(2)10-16/h3-5,10,13,15H,6-9,11-12H2,1-2H3/t15-/m1/s1. The van der Waals surface area contributed by atoms with E-state index in [1.165, 1.54) is 0 Å². The highest BCUT2D eigenvalue weighted by Crippen LogP contribution is 2.28. The van der Waals surface area contributed by atoms with Gasteiger partial charge in [0.15, 0.2) is 0 Å². The number of anilines is 1. The summed E-state index contributed by atoms with van der Waals surface area (Å²) >= 11 is 0. The van der Waals surface area contributed by atoms with Crippen molar-refractivity contribution in [3.8, 4) is 0 Å². The van der Waals surface area contributed by atoms with Gasteiger partial charge >= 0.3 is 0 Å². The molecule has 0 saturated carbocycles. The molecule has 0 aromatic heterocycles. The quantitative estimate of drug-likeness (QED) is 0.842. The molecular weight excluding hydrogens is 276 g/mol. The highest BCUT2D eigenvalue weighted by atomic mass is 16.2. The second kappa shape index (κ2) is 6.11. The molecule has 2 aliphatic rings. The average molecular weight is 300 g/mol. The summed E-state index contributed by atoms with van der Waals surface area (Å²) in [6.45, 7) is 6.46. The van der Waals surface area contributed by atoms with E-state index in [9.17, 15) is 9.59 Å². The van der Waals surface area contributed by atoms with Gasteiger partial charge in [-0.05, 0) is 43.4 Å². The number of benzene rings is 1. The minimum atomic E-state index is -0.179. The van der Waals surface area contributed by atoms with Crippen LogP contribution in [0.25, 0.3) is 0 Å². The number of rotatable bonds is 2. The summed E-state index contributed by atoms with van der Waals surface area (Å²) in [4.78, 5) is 28.7. The van der Waals surface area contributed by atoms with Crippen molar-refractivity contribution in [2.75, 3.05) is 24.5 Å². The Morgan fingerprint density at radius 2 is 1.95 bits per heavy atom. The van der Waals surface area contributed by atoms with Crippen LogP contribution in [0.3, 0.4) is 0 Å². The molecule has 0 radical (unpaired) electrons. The van der Waals surface area contributed by atoms with Crippen LogP contribution in [0.1, 0.15) is 31.7 Å². The van der Waals surface area contributed by atoms with E-state index in [1.54, 1.807) is 4.90 Å². The summed E-state index contributed by atoms with van der Waals surface area (Å²) in [5.74, 6) is 0.754. The number of hydrogen-bond acceptors (Lipinski definition) is 2. The van der Waals surface area contributed by atoms with Gasteiger partial charge in [-0.3, -0.25) is 9.59 Å². The van der Waals surface area contributed by atoms with Gasteiger partial charge in [-0.25, -0.2) is 0 Å². The Bertz CT molecular complexity index is 576. The lowest BCUT2D eigenvalue weighted by molar-refractivity contribution is -0.137. The molecule has 0 aliphatic carbocycles. The van der Waals surface area contributed by atoms with Crippen LogP contribution in [-0.2, 0) is 9.59 Å². The van der Waals surface area contributed by atoms with Gasteiger partial charge in [-0.1, -0.05) is 19.1 Å². The molecule has 2 aliphatic heterocycles. The van der Waals surface area contributed by atoms with Crippen LogP contribution in [-0.4, -0.2) is 36.3 Å². The maximum atomic E-state index is 12.6. The van der Waals surface area contributed by atoms with E-state index in [4.69, 9.17) is 0 Å². The second-order valence-corrected chi connectivity index (χ2v) is 6.75. The lowest BCUT2D eigenvalue weighted by Crippen LogP contribution is -2.42. The number of carbonyl (C=O) groups is 2. The zero-order chi connectivity index (χ0) is 15.7. The Morgan fingerprint density at radius 3 is 2.64 bits per heavy atom. The van der Waals surface area contributed by atoms with Gasteiger partial charge in [0.2, 0.25) is 11.8 Å². The number of likely N-dealkylation sites (tertiary alicyclic amines) is 1. The number of aryl methyl sites for hydroxylation is 1. The molecule has 0 N–H and O–H groups in total. The van der Waals surface area contributed by atoms with E-state index in [1.807, 2.05) is 36.1 Å². The minimum Gasteiger partial charge on any atom is -0.342 e. The van der Waals surface area contributed by atoms with Crippen molar-refractivity contribution >= 4 is 17.5 Å². The Kier molecular flexibility index (Phi) is 4.19. The zero-order valence-electron chi connectivity index (χ0n) is 13.4. The van der Waals surface area contributed by atoms with Crippen LogP contribution in [0.4, 0.5) is 5.69 Å². The van der Waals surface area contributed by atoms with E-state index in [-0.39, 0.29) is 17.7 Å². The lowest BCUT2D eigenvalue weighted by atomic mass is 9.97. The molecule has 118 valence electrons. The normalized spacial score (nSPS) is 23.2. The molecule has 0 bridgehead atoms. The smallest absolute Gasteiger partial charge is 0.228 e. The third-order valence-corrected chi connectivity index (χ3v) is 4.88. The Hall–Kier alpha value is -1.84. The first kappa shape index (κ1) is 15.1. The summed E-state index contributed by atoms with van der Waals surface area (Å²) in [6.07, 6.45) is 2.50. The van der Waals surface area contributed by atoms with Crippen molar-refractivity contribution in [2.24, 2.45) is 11.8 Å². The fourth-order valence-corrected chi connectivity index (χ4v) is 3.41. The van der Waals surface area contributed by atoms with Gasteiger partial charge in [0.1, 0.15) is 0 Å². The van der Waals surface area contributed by atoms with Gasteiger partial charge in [0.05, 0.1) is 5.92 Å². The Labute approximate surface area is 132 Å². The van der Waals surface area contributed by atoms with Gasteiger partial charge in [0.25, 0.3) is 0 Å². The lowest BCUT2D eigenvalue weighted by Gasteiger charge is -2.32. The zero-order valence-corrected chi connectivity index (χ0v) is 13.4. The first-order valence-corrected chi connectivity index (χ1v) is 8.20. The number of nitrogens with zero attached hydrogens (tertiary/aromatic N) is 2. The van der Waals surface area contributed by atoms with Gasteiger partial charge in [0, 0.05) is 31.7 Å². The fraction of sp³-hybridized carbons (Fsp3) is 0.556. The average Bonchev–Trinajstić information content (AvgIpc) is 2.89. The van der Waals surface area contributed by atoms with Crippen LogP contribution in [0.5, 0.6) is 0 Å². The monoisotopic (exact) mass is 300 g/mol. The molecule has 2 amide bonds. The van der Waals surface area contributed by atoms with E-state index in [0.29, 0.717) is 18.9 Å². The molecule has 22 heavy (non-hydrogen) atoms. The van der Waals surface area contributed by atoms with Crippen molar-refractivity contribution in [1.82, 2.24) is 4.90 Å². The SMILES string of the molecule is Cc1cccc(N2C[C@H](C(=O)N3CCC(C)CC3)CC2=O)c1. The summed E-state index contributed by atoms with van der Waals surface area (Å²) in [6, 6.07) is 7.92. The fourth-order valence-electron chi connectivity index (χ4n) is 3.41.